The topological polar surface area (TPSA) is 85.1 Å². The van der Waals surface area contributed by atoms with E-state index in [1.807, 2.05) is 9.80 Å². The van der Waals surface area contributed by atoms with E-state index in [0.717, 1.165) is 51.6 Å². The molecule has 0 N–H and O–H groups in total. The summed E-state index contributed by atoms with van der Waals surface area (Å²) in [7, 11) is 0. The van der Waals surface area contributed by atoms with Crippen molar-refractivity contribution >= 4 is 11.8 Å². The molecule has 8 heteroatoms. The lowest BCUT2D eigenvalue weighted by Gasteiger charge is -2.45. The van der Waals surface area contributed by atoms with Crippen LogP contribution in [-0.4, -0.2) is 77.7 Å². The summed E-state index contributed by atoms with van der Waals surface area (Å²) in [5.41, 5.74) is 0.364. The largest absolute Gasteiger partial charge is 0.438 e. The van der Waals surface area contributed by atoms with Gasteiger partial charge >= 0.3 is 0 Å². The molecule has 4 heterocycles. The predicted molar refractivity (Wildman–Crippen MR) is 99.8 cm³/mol. The first-order chi connectivity index (χ1) is 13.6. The first kappa shape index (κ1) is 19.4. The Morgan fingerprint density at radius 2 is 1.96 bits per heavy atom. The highest BCUT2D eigenvalue weighted by molar-refractivity contribution is 5.92. The molecule has 0 radical (unpaired) electrons. The minimum absolute atomic E-state index is 0.0408. The highest BCUT2D eigenvalue weighted by Gasteiger charge is 2.42. The molecule has 1 unspecified atom stereocenters. The Balaban J connectivity index is 1.28. The molecule has 3 fully saturated rings. The molecule has 0 bridgehead atoms. The SMILES string of the molecule is Cc1ncoc1C(=O)N1CCC2(CC1)CC(OCC(=O)N1CCCC1)CCO2. The zero-order valence-corrected chi connectivity index (χ0v) is 16.5. The van der Waals surface area contributed by atoms with Crippen LogP contribution in [0.1, 0.15) is 54.8 Å². The number of carbonyl (C=O) groups is 2. The van der Waals surface area contributed by atoms with Gasteiger partial charge in [-0.3, -0.25) is 9.59 Å². The van der Waals surface area contributed by atoms with Gasteiger partial charge in [0, 0.05) is 39.2 Å². The molecule has 2 amide bonds. The van der Waals surface area contributed by atoms with E-state index in [-0.39, 0.29) is 30.1 Å². The number of likely N-dealkylation sites (tertiary alicyclic amines) is 2. The van der Waals surface area contributed by atoms with Gasteiger partial charge in [-0.05, 0) is 39.0 Å². The van der Waals surface area contributed by atoms with Crippen LogP contribution < -0.4 is 0 Å². The van der Waals surface area contributed by atoms with Crippen LogP contribution in [0.4, 0.5) is 0 Å². The van der Waals surface area contributed by atoms with Gasteiger partial charge in [-0.25, -0.2) is 4.98 Å². The average Bonchev–Trinajstić information content (AvgIpc) is 3.38. The second-order valence-corrected chi connectivity index (χ2v) is 8.10. The molecule has 1 spiro atoms. The maximum absolute atomic E-state index is 12.6. The van der Waals surface area contributed by atoms with Crippen LogP contribution in [-0.2, 0) is 14.3 Å². The summed E-state index contributed by atoms with van der Waals surface area (Å²) in [4.78, 5) is 32.5. The normalized spacial score (nSPS) is 24.7. The van der Waals surface area contributed by atoms with E-state index in [0.29, 0.717) is 31.2 Å². The van der Waals surface area contributed by atoms with Crippen molar-refractivity contribution in [2.45, 2.75) is 57.2 Å². The van der Waals surface area contributed by atoms with Crippen molar-refractivity contribution in [3.8, 4) is 0 Å². The Morgan fingerprint density at radius 1 is 1.21 bits per heavy atom. The van der Waals surface area contributed by atoms with Gasteiger partial charge in [0.05, 0.1) is 17.4 Å². The van der Waals surface area contributed by atoms with Crippen LogP contribution >= 0.6 is 0 Å². The fourth-order valence-corrected chi connectivity index (χ4v) is 4.49. The summed E-state index contributed by atoms with van der Waals surface area (Å²) in [5, 5.41) is 0. The second-order valence-electron chi connectivity index (χ2n) is 8.10. The Bertz CT molecular complexity index is 704. The van der Waals surface area contributed by atoms with Crippen molar-refractivity contribution in [1.29, 1.82) is 0 Å². The van der Waals surface area contributed by atoms with Crippen molar-refractivity contribution < 1.29 is 23.5 Å². The van der Waals surface area contributed by atoms with Crippen molar-refractivity contribution in [2.24, 2.45) is 0 Å². The minimum Gasteiger partial charge on any atom is -0.438 e. The van der Waals surface area contributed by atoms with Gasteiger partial charge in [0.2, 0.25) is 11.7 Å². The van der Waals surface area contributed by atoms with Crippen LogP contribution in [0.15, 0.2) is 10.8 Å². The Hall–Kier alpha value is -1.93. The number of hydrogen-bond donors (Lipinski definition) is 0. The van der Waals surface area contributed by atoms with Crippen LogP contribution in [0, 0.1) is 6.92 Å². The molecule has 28 heavy (non-hydrogen) atoms. The summed E-state index contributed by atoms with van der Waals surface area (Å²) in [6.45, 7) is 5.53. The Labute approximate surface area is 165 Å². The number of nitrogens with zero attached hydrogens (tertiary/aromatic N) is 3. The van der Waals surface area contributed by atoms with E-state index in [4.69, 9.17) is 13.9 Å². The number of piperidine rings is 1. The molecule has 1 atom stereocenters. The summed E-state index contributed by atoms with van der Waals surface area (Å²) < 4.78 is 17.3. The monoisotopic (exact) mass is 391 g/mol. The van der Waals surface area contributed by atoms with Crippen molar-refractivity contribution in [1.82, 2.24) is 14.8 Å². The number of amides is 2. The smallest absolute Gasteiger partial charge is 0.291 e. The second kappa shape index (κ2) is 8.21. The van der Waals surface area contributed by atoms with E-state index in [1.165, 1.54) is 6.39 Å². The van der Waals surface area contributed by atoms with E-state index in [1.54, 1.807) is 6.92 Å². The molecular formula is C20H29N3O5. The van der Waals surface area contributed by atoms with E-state index >= 15 is 0 Å². The Morgan fingerprint density at radius 3 is 2.64 bits per heavy atom. The van der Waals surface area contributed by atoms with Crippen molar-refractivity contribution in [3.63, 3.8) is 0 Å². The maximum atomic E-state index is 12.6. The molecule has 154 valence electrons. The summed E-state index contributed by atoms with van der Waals surface area (Å²) >= 11 is 0. The van der Waals surface area contributed by atoms with Crippen LogP contribution in [0.2, 0.25) is 0 Å². The summed E-state index contributed by atoms with van der Waals surface area (Å²) in [6.07, 6.45) is 6.67. The van der Waals surface area contributed by atoms with E-state index < -0.39 is 0 Å². The summed E-state index contributed by atoms with van der Waals surface area (Å²) in [5.74, 6) is 0.313. The summed E-state index contributed by atoms with van der Waals surface area (Å²) in [6, 6.07) is 0. The third-order valence-corrected chi connectivity index (χ3v) is 6.25. The third kappa shape index (κ3) is 4.07. The fraction of sp³-hybridized carbons (Fsp3) is 0.750. The molecule has 3 aliphatic heterocycles. The third-order valence-electron chi connectivity index (χ3n) is 6.25. The highest BCUT2D eigenvalue weighted by Crippen LogP contribution is 2.36. The molecule has 0 aliphatic carbocycles. The molecule has 1 aromatic rings. The van der Waals surface area contributed by atoms with Crippen LogP contribution in [0.3, 0.4) is 0 Å². The first-order valence-electron chi connectivity index (χ1n) is 10.3. The quantitative estimate of drug-likeness (QED) is 0.778. The van der Waals surface area contributed by atoms with Gasteiger partial charge < -0.3 is 23.7 Å². The lowest BCUT2D eigenvalue weighted by atomic mass is 9.83. The molecule has 8 nitrogen and oxygen atoms in total. The molecule has 0 saturated carbocycles. The standard InChI is InChI=1S/C20H29N3O5/c1-15-18(27-14-21-15)19(25)23-9-5-20(6-10-23)12-16(4-11-28-20)26-13-17(24)22-7-2-3-8-22/h14,16H,2-13H2,1H3. The van der Waals surface area contributed by atoms with E-state index in [9.17, 15) is 9.59 Å². The molecular weight excluding hydrogens is 362 g/mol. The van der Waals surface area contributed by atoms with Gasteiger partial charge in [-0.2, -0.15) is 0 Å². The number of aryl methyl sites for hydroxylation is 1. The maximum Gasteiger partial charge on any atom is 0.291 e. The lowest BCUT2D eigenvalue weighted by molar-refractivity contribution is -0.161. The first-order valence-corrected chi connectivity index (χ1v) is 10.3. The van der Waals surface area contributed by atoms with Crippen LogP contribution in [0.25, 0.3) is 0 Å². The molecule has 0 aromatic carbocycles. The van der Waals surface area contributed by atoms with Crippen LogP contribution in [0.5, 0.6) is 0 Å². The van der Waals surface area contributed by atoms with E-state index in [2.05, 4.69) is 4.98 Å². The number of carbonyl (C=O) groups excluding carboxylic acids is 2. The van der Waals surface area contributed by atoms with Gasteiger partial charge in [0.15, 0.2) is 6.39 Å². The number of ether oxygens (including phenoxy) is 2. The zero-order chi connectivity index (χ0) is 19.6. The zero-order valence-electron chi connectivity index (χ0n) is 16.5. The molecule has 1 aromatic heterocycles. The van der Waals surface area contributed by atoms with Crippen molar-refractivity contribution in [3.05, 3.63) is 17.8 Å². The molecule has 3 saturated heterocycles. The number of aromatic nitrogens is 1. The van der Waals surface area contributed by atoms with Crippen molar-refractivity contribution in [2.75, 3.05) is 39.4 Å². The lowest BCUT2D eigenvalue weighted by Crippen LogP contribution is -2.52. The predicted octanol–water partition coefficient (Wildman–Crippen LogP) is 1.78. The van der Waals surface area contributed by atoms with Gasteiger partial charge in [0.1, 0.15) is 6.61 Å². The number of oxazole rings is 1. The number of rotatable bonds is 4. The average molecular weight is 391 g/mol. The fourth-order valence-electron chi connectivity index (χ4n) is 4.49. The van der Waals surface area contributed by atoms with Gasteiger partial charge in [-0.1, -0.05) is 0 Å². The Kier molecular flexibility index (Phi) is 5.68. The molecule has 3 aliphatic rings. The molecule has 4 rings (SSSR count). The highest BCUT2D eigenvalue weighted by atomic mass is 16.5. The number of hydrogen-bond acceptors (Lipinski definition) is 6. The minimum atomic E-state index is -0.257. The van der Waals surface area contributed by atoms with Gasteiger partial charge in [-0.15, -0.1) is 0 Å². The van der Waals surface area contributed by atoms with Gasteiger partial charge in [0.25, 0.3) is 5.91 Å².